The van der Waals surface area contributed by atoms with Crippen molar-refractivity contribution in [3.05, 3.63) is 45.6 Å². The number of phenols is 1. The molecule has 0 unspecified atom stereocenters. The van der Waals surface area contributed by atoms with E-state index in [0.29, 0.717) is 11.0 Å². The van der Waals surface area contributed by atoms with Gasteiger partial charge in [0.15, 0.2) is 0 Å². The van der Waals surface area contributed by atoms with E-state index in [9.17, 15) is 9.90 Å². The Labute approximate surface area is 157 Å². The summed E-state index contributed by atoms with van der Waals surface area (Å²) < 4.78 is 1.81. The number of phenolic OH excluding ortho intramolecular Hbond substituents is 1. The van der Waals surface area contributed by atoms with Crippen LogP contribution in [0.5, 0.6) is 5.75 Å². The number of benzene rings is 1. The Bertz CT molecular complexity index is 1110. The summed E-state index contributed by atoms with van der Waals surface area (Å²) in [7, 11) is 0. The summed E-state index contributed by atoms with van der Waals surface area (Å²) in [5, 5.41) is 11.2. The Hall–Kier alpha value is -3.02. The fraction of sp³-hybridized carbons (Fsp3) is 0.333. The number of fused-ring (bicyclic) bond motifs is 2. The molecule has 2 heterocycles. The molecule has 2 aromatic heterocycles. The fourth-order valence-electron chi connectivity index (χ4n) is 4.18. The Balaban J connectivity index is 2.18. The van der Waals surface area contributed by atoms with Gasteiger partial charge in [-0.1, -0.05) is 0 Å². The van der Waals surface area contributed by atoms with E-state index >= 15 is 0 Å². The first kappa shape index (κ1) is 17.4. The van der Waals surface area contributed by atoms with Gasteiger partial charge in [-0.15, -0.1) is 0 Å². The van der Waals surface area contributed by atoms with Crippen LogP contribution in [-0.4, -0.2) is 20.6 Å². The van der Waals surface area contributed by atoms with E-state index in [-0.39, 0.29) is 17.1 Å². The minimum Gasteiger partial charge on any atom is -0.508 e. The van der Waals surface area contributed by atoms with Crippen LogP contribution in [0, 0.1) is 20.8 Å². The van der Waals surface area contributed by atoms with Gasteiger partial charge in [0.25, 0.3) is 5.91 Å². The lowest BCUT2D eigenvalue weighted by atomic mass is 9.88. The number of nitrogen functional groups attached to an aromatic ring is 1. The van der Waals surface area contributed by atoms with Gasteiger partial charge >= 0.3 is 0 Å². The normalized spacial score (nSPS) is 13.7. The second kappa shape index (κ2) is 6.01. The smallest absolute Gasteiger partial charge is 0.253 e. The predicted molar refractivity (Wildman–Crippen MR) is 107 cm³/mol. The van der Waals surface area contributed by atoms with Crippen molar-refractivity contribution in [1.82, 2.24) is 9.55 Å². The summed E-state index contributed by atoms with van der Waals surface area (Å²) in [5.41, 5.74) is 18.7. The van der Waals surface area contributed by atoms with Crippen molar-refractivity contribution >= 4 is 22.8 Å². The molecule has 0 fully saturated rings. The van der Waals surface area contributed by atoms with Crippen molar-refractivity contribution in [2.45, 2.75) is 46.5 Å². The molecule has 6 heteroatoms. The first-order valence-corrected chi connectivity index (χ1v) is 9.23. The van der Waals surface area contributed by atoms with Gasteiger partial charge in [-0.25, -0.2) is 4.98 Å². The zero-order valence-corrected chi connectivity index (χ0v) is 15.9. The molecule has 6 nitrogen and oxygen atoms in total. The highest BCUT2D eigenvalue weighted by atomic mass is 16.3. The van der Waals surface area contributed by atoms with Crippen molar-refractivity contribution < 1.29 is 9.90 Å². The maximum absolute atomic E-state index is 12.2. The second-order valence-electron chi connectivity index (χ2n) is 7.44. The minimum absolute atomic E-state index is 0.233. The number of aryl methyl sites for hydroxylation is 3. The van der Waals surface area contributed by atoms with Gasteiger partial charge in [0.1, 0.15) is 17.2 Å². The van der Waals surface area contributed by atoms with Gasteiger partial charge in [-0.3, -0.25) is 9.36 Å². The summed E-state index contributed by atoms with van der Waals surface area (Å²) in [4.78, 5) is 16.9. The molecule has 0 spiro atoms. The summed E-state index contributed by atoms with van der Waals surface area (Å²) in [5.74, 6) is -0.0687. The van der Waals surface area contributed by atoms with E-state index in [2.05, 4.69) is 0 Å². The monoisotopic (exact) mass is 364 g/mol. The van der Waals surface area contributed by atoms with Crippen LogP contribution in [0.2, 0.25) is 0 Å². The molecule has 1 aromatic carbocycles. The average Bonchev–Trinajstić information content (AvgIpc) is 2.88. The first-order chi connectivity index (χ1) is 12.8. The number of rotatable bonds is 2. The van der Waals surface area contributed by atoms with Gasteiger partial charge in [-0.05, 0) is 75.3 Å². The molecule has 4 rings (SSSR count). The van der Waals surface area contributed by atoms with Crippen LogP contribution in [0.25, 0.3) is 16.7 Å². The summed E-state index contributed by atoms with van der Waals surface area (Å²) >= 11 is 0. The molecule has 0 saturated carbocycles. The predicted octanol–water partition coefficient (Wildman–Crippen LogP) is 3.22. The molecule has 0 saturated heterocycles. The van der Waals surface area contributed by atoms with Crippen molar-refractivity contribution in [2.75, 3.05) is 5.73 Å². The fourth-order valence-corrected chi connectivity index (χ4v) is 4.18. The van der Waals surface area contributed by atoms with Crippen molar-refractivity contribution in [3.8, 4) is 11.4 Å². The molecule has 0 atom stereocenters. The van der Waals surface area contributed by atoms with E-state index in [0.717, 1.165) is 59.3 Å². The maximum atomic E-state index is 12.2. The van der Waals surface area contributed by atoms with Gasteiger partial charge in [0.2, 0.25) is 0 Å². The van der Waals surface area contributed by atoms with E-state index in [1.54, 1.807) is 4.57 Å². The van der Waals surface area contributed by atoms with Crippen LogP contribution in [0.3, 0.4) is 0 Å². The molecule has 3 aromatic rings. The molecule has 5 N–H and O–H groups in total. The lowest BCUT2D eigenvalue weighted by Crippen LogP contribution is -2.15. The quantitative estimate of drug-likeness (QED) is 0.649. The Morgan fingerprint density at radius 2 is 1.89 bits per heavy atom. The molecule has 1 aliphatic carbocycles. The van der Waals surface area contributed by atoms with Gasteiger partial charge in [0.05, 0.1) is 11.3 Å². The second-order valence-corrected chi connectivity index (χ2v) is 7.44. The topological polar surface area (TPSA) is 107 Å². The molecule has 0 radical (unpaired) electrons. The molecule has 0 aliphatic heterocycles. The lowest BCUT2D eigenvalue weighted by Gasteiger charge is -2.24. The number of carbonyl (C=O) groups excluding carboxylic acids is 1. The van der Waals surface area contributed by atoms with E-state index in [1.807, 2.05) is 32.9 Å². The molecule has 140 valence electrons. The number of anilines is 1. The maximum Gasteiger partial charge on any atom is 0.253 e. The summed E-state index contributed by atoms with van der Waals surface area (Å²) in [6, 6.07) is 3.77. The highest BCUT2D eigenvalue weighted by Gasteiger charge is 2.27. The van der Waals surface area contributed by atoms with Crippen molar-refractivity contribution in [1.29, 1.82) is 0 Å². The summed E-state index contributed by atoms with van der Waals surface area (Å²) in [6.07, 6.45) is 4.00. The number of nitrogens with zero attached hydrogens (tertiary/aromatic N) is 2. The molecule has 27 heavy (non-hydrogen) atoms. The van der Waals surface area contributed by atoms with E-state index in [4.69, 9.17) is 16.5 Å². The largest absolute Gasteiger partial charge is 0.508 e. The number of aromatic nitrogens is 2. The minimum atomic E-state index is -0.576. The molecule has 1 amide bonds. The Kier molecular flexibility index (Phi) is 3.87. The van der Waals surface area contributed by atoms with Crippen LogP contribution >= 0.6 is 0 Å². The molecule has 0 bridgehead atoms. The van der Waals surface area contributed by atoms with Crippen molar-refractivity contribution in [2.24, 2.45) is 5.73 Å². The zero-order chi connectivity index (χ0) is 19.5. The van der Waals surface area contributed by atoms with Gasteiger partial charge < -0.3 is 16.6 Å². The van der Waals surface area contributed by atoms with Gasteiger partial charge in [-0.2, -0.15) is 0 Å². The number of pyridine rings is 1. The Morgan fingerprint density at radius 1 is 1.19 bits per heavy atom. The molecular formula is C21H24N4O2. The van der Waals surface area contributed by atoms with E-state index in [1.165, 1.54) is 0 Å². The average molecular weight is 364 g/mol. The molecular weight excluding hydrogens is 340 g/mol. The number of primary amides is 1. The zero-order valence-electron chi connectivity index (χ0n) is 15.9. The number of carbonyl (C=O) groups is 1. The highest BCUT2D eigenvalue weighted by Crippen LogP contribution is 2.40. The standard InChI is InChI=1S/C21H24N4O2/c1-10-8-15-17(20(23)27)19(22)25(21(15)24-12(10)3)18-11(2)16(26)9-13-6-4-5-7-14(13)18/h8-9,26H,4-7,22H2,1-3H3,(H2,23,27). The van der Waals surface area contributed by atoms with Crippen LogP contribution < -0.4 is 11.5 Å². The number of nitrogens with two attached hydrogens (primary N) is 2. The molecule has 1 aliphatic rings. The third-order valence-corrected chi connectivity index (χ3v) is 5.74. The number of aromatic hydroxyl groups is 1. The first-order valence-electron chi connectivity index (χ1n) is 9.23. The Morgan fingerprint density at radius 3 is 2.59 bits per heavy atom. The van der Waals surface area contributed by atoms with E-state index < -0.39 is 5.91 Å². The lowest BCUT2D eigenvalue weighted by molar-refractivity contribution is 0.100. The van der Waals surface area contributed by atoms with Crippen LogP contribution in [0.4, 0.5) is 5.82 Å². The highest BCUT2D eigenvalue weighted by molar-refractivity contribution is 6.11. The SMILES string of the molecule is Cc1cc2c(C(N)=O)c(N)n(-c3c(C)c(O)cc4c3CCCC4)c2nc1C. The third kappa shape index (κ3) is 2.47. The van der Waals surface area contributed by atoms with Crippen LogP contribution in [0.1, 0.15) is 51.1 Å². The van der Waals surface area contributed by atoms with Gasteiger partial charge in [0, 0.05) is 16.6 Å². The third-order valence-electron chi connectivity index (χ3n) is 5.74. The number of amides is 1. The van der Waals surface area contributed by atoms with Crippen LogP contribution in [-0.2, 0) is 12.8 Å². The number of hydrogen-bond donors (Lipinski definition) is 3. The number of hydrogen-bond acceptors (Lipinski definition) is 4. The van der Waals surface area contributed by atoms with Crippen molar-refractivity contribution in [3.63, 3.8) is 0 Å². The summed E-state index contributed by atoms with van der Waals surface area (Å²) in [6.45, 7) is 5.74. The van der Waals surface area contributed by atoms with Crippen LogP contribution in [0.15, 0.2) is 12.1 Å².